The highest BCUT2D eigenvalue weighted by atomic mass is 79.9. The number of carbonyl (C=O) groups is 1. The normalized spacial score (nSPS) is 35.2. The molecule has 0 aromatic carbocycles. The highest BCUT2D eigenvalue weighted by Crippen LogP contribution is 2.33. The van der Waals surface area contributed by atoms with E-state index in [4.69, 9.17) is 4.74 Å². The van der Waals surface area contributed by atoms with Crippen LogP contribution in [0.5, 0.6) is 0 Å². The molecule has 0 aromatic rings. The lowest BCUT2D eigenvalue weighted by Crippen LogP contribution is -2.41. The summed E-state index contributed by atoms with van der Waals surface area (Å²) in [6.07, 6.45) is 6.86. The van der Waals surface area contributed by atoms with E-state index in [1.165, 1.54) is 12.8 Å². The Morgan fingerprint density at radius 2 is 2.17 bits per heavy atom. The van der Waals surface area contributed by atoms with E-state index in [1.807, 2.05) is 6.92 Å². The van der Waals surface area contributed by atoms with Crippen molar-refractivity contribution in [3.05, 3.63) is 0 Å². The summed E-state index contributed by atoms with van der Waals surface area (Å²) < 4.78 is 5.52. The minimum absolute atomic E-state index is 0.243. The molecule has 0 heterocycles. The van der Waals surface area contributed by atoms with Crippen molar-refractivity contribution in [2.24, 2.45) is 11.8 Å². The summed E-state index contributed by atoms with van der Waals surface area (Å²) in [5.74, 6) is 1.42. The molecule has 0 aromatic heterocycles. The van der Waals surface area contributed by atoms with Crippen molar-refractivity contribution in [1.29, 1.82) is 0 Å². The molecule has 0 aliphatic heterocycles. The van der Waals surface area contributed by atoms with E-state index in [2.05, 4.69) is 21.2 Å². The molecule has 3 nitrogen and oxygen atoms in total. The highest BCUT2D eigenvalue weighted by molar-refractivity contribution is 9.09. The fourth-order valence-electron chi connectivity index (χ4n) is 3.15. The summed E-state index contributed by atoms with van der Waals surface area (Å²) in [4.78, 5) is 12.0. The Labute approximate surface area is 118 Å². The van der Waals surface area contributed by atoms with Gasteiger partial charge in [0, 0.05) is 24.4 Å². The van der Waals surface area contributed by atoms with Gasteiger partial charge in [-0.1, -0.05) is 22.4 Å². The van der Waals surface area contributed by atoms with Crippen LogP contribution in [0.4, 0.5) is 0 Å². The molecular formula is C14H24BrNO2. The van der Waals surface area contributed by atoms with Crippen molar-refractivity contribution in [2.45, 2.75) is 57.6 Å². The summed E-state index contributed by atoms with van der Waals surface area (Å²) in [5.41, 5.74) is 0. The molecule has 104 valence electrons. The SMILES string of the molecule is CCOC1CC(CC(=O)NC2CCCC2CBr)C1. The minimum Gasteiger partial charge on any atom is -0.378 e. The Hall–Kier alpha value is -0.0900. The van der Waals surface area contributed by atoms with E-state index in [1.54, 1.807) is 0 Å². The summed E-state index contributed by atoms with van der Waals surface area (Å²) >= 11 is 3.54. The first-order chi connectivity index (χ1) is 8.72. The number of hydrogen-bond acceptors (Lipinski definition) is 2. The monoisotopic (exact) mass is 317 g/mol. The number of hydrogen-bond donors (Lipinski definition) is 1. The van der Waals surface area contributed by atoms with Gasteiger partial charge in [0.1, 0.15) is 0 Å². The summed E-state index contributed by atoms with van der Waals surface area (Å²) in [5, 5.41) is 4.22. The van der Waals surface area contributed by atoms with Gasteiger partial charge in [-0.3, -0.25) is 4.79 Å². The molecule has 0 spiro atoms. The molecule has 0 saturated heterocycles. The molecule has 2 aliphatic carbocycles. The number of amides is 1. The van der Waals surface area contributed by atoms with Crippen LogP contribution in [0.25, 0.3) is 0 Å². The van der Waals surface area contributed by atoms with Gasteiger partial charge in [-0.05, 0) is 44.4 Å². The molecule has 4 heteroatoms. The molecule has 0 radical (unpaired) electrons. The minimum atomic E-state index is 0.243. The molecule has 1 N–H and O–H groups in total. The number of halogens is 1. The predicted octanol–water partition coefficient (Wildman–Crippen LogP) is 2.87. The van der Waals surface area contributed by atoms with Gasteiger partial charge < -0.3 is 10.1 Å². The molecule has 2 rings (SSSR count). The van der Waals surface area contributed by atoms with Crippen molar-refractivity contribution < 1.29 is 9.53 Å². The van der Waals surface area contributed by atoms with Crippen molar-refractivity contribution in [1.82, 2.24) is 5.32 Å². The zero-order valence-corrected chi connectivity index (χ0v) is 12.7. The van der Waals surface area contributed by atoms with E-state index >= 15 is 0 Å². The van der Waals surface area contributed by atoms with Crippen molar-refractivity contribution >= 4 is 21.8 Å². The summed E-state index contributed by atoms with van der Waals surface area (Å²) in [6.45, 7) is 2.82. The first-order valence-electron chi connectivity index (χ1n) is 7.19. The topological polar surface area (TPSA) is 38.3 Å². The zero-order valence-electron chi connectivity index (χ0n) is 11.2. The fourth-order valence-corrected chi connectivity index (χ4v) is 3.93. The van der Waals surface area contributed by atoms with Crippen LogP contribution in [0.2, 0.25) is 0 Å². The lowest BCUT2D eigenvalue weighted by Gasteiger charge is -2.34. The van der Waals surface area contributed by atoms with Crippen LogP contribution in [-0.4, -0.2) is 30.0 Å². The fraction of sp³-hybridized carbons (Fsp3) is 0.929. The van der Waals surface area contributed by atoms with Crippen LogP contribution in [0, 0.1) is 11.8 Å². The van der Waals surface area contributed by atoms with E-state index in [-0.39, 0.29) is 5.91 Å². The van der Waals surface area contributed by atoms with E-state index in [0.717, 1.165) is 31.2 Å². The predicted molar refractivity (Wildman–Crippen MR) is 75.8 cm³/mol. The molecule has 2 atom stereocenters. The molecular weight excluding hydrogens is 294 g/mol. The Kier molecular flexibility index (Phi) is 5.49. The van der Waals surface area contributed by atoms with Crippen molar-refractivity contribution in [3.63, 3.8) is 0 Å². The summed E-state index contributed by atoms with van der Waals surface area (Å²) in [7, 11) is 0. The second kappa shape index (κ2) is 6.90. The van der Waals surface area contributed by atoms with Gasteiger partial charge in [0.25, 0.3) is 0 Å². The maximum atomic E-state index is 12.0. The first kappa shape index (κ1) is 14.3. The largest absolute Gasteiger partial charge is 0.378 e. The summed E-state index contributed by atoms with van der Waals surface area (Å²) in [6, 6.07) is 0.402. The zero-order chi connectivity index (χ0) is 13.0. The Morgan fingerprint density at radius 1 is 1.39 bits per heavy atom. The standard InChI is InChI=1S/C14H24BrNO2/c1-2-18-12-6-10(7-12)8-14(17)16-13-5-3-4-11(13)9-15/h10-13H,2-9H2,1H3,(H,16,17). The molecule has 2 saturated carbocycles. The molecule has 2 unspecified atom stereocenters. The average Bonchev–Trinajstić information content (AvgIpc) is 2.73. The number of ether oxygens (including phenoxy) is 1. The van der Waals surface area contributed by atoms with Gasteiger partial charge in [0.2, 0.25) is 5.91 Å². The number of rotatable bonds is 6. The smallest absolute Gasteiger partial charge is 0.220 e. The highest BCUT2D eigenvalue weighted by Gasteiger charge is 2.33. The van der Waals surface area contributed by atoms with Crippen molar-refractivity contribution in [3.8, 4) is 0 Å². The van der Waals surface area contributed by atoms with Gasteiger partial charge >= 0.3 is 0 Å². The lowest BCUT2D eigenvalue weighted by molar-refractivity contribution is -0.125. The first-order valence-corrected chi connectivity index (χ1v) is 8.32. The second-order valence-electron chi connectivity index (χ2n) is 5.64. The number of alkyl halides is 1. The average molecular weight is 318 g/mol. The maximum Gasteiger partial charge on any atom is 0.220 e. The van der Waals surface area contributed by atoms with Crippen LogP contribution in [0.1, 0.15) is 45.4 Å². The van der Waals surface area contributed by atoms with Gasteiger partial charge in [-0.15, -0.1) is 0 Å². The van der Waals surface area contributed by atoms with Crippen LogP contribution in [0.15, 0.2) is 0 Å². The Morgan fingerprint density at radius 3 is 2.83 bits per heavy atom. The van der Waals surface area contributed by atoms with Gasteiger partial charge in [0.05, 0.1) is 6.10 Å². The maximum absolute atomic E-state index is 12.0. The van der Waals surface area contributed by atoms with Crippen LogP contribution in [0.3, 0.4) is 0 Å². The van der Waals surface area contributed by atoms with E-state index in [0.29, 0.717) is 30.4 Å². The molecule has 2 fully saturated rings. The third-order valence-corrected chi connectivity index (χ3v) is 5.10. The van der Waals surface area contributed by atoms with Crippen LogP contribution >= 0.6 is 15.9 Å². The van der Waals surface area contributed by atoms with E-state index in [9.17, 15) is 4.79 Å². The molecule has 2 aliphatic rings. The quantitative estimate of drug-likeness (QED) is 0.765. The van der Waals surface area contributed by atoms with Gasteiger partial charge in [-0.2, -0.15) is 0 Å². The molecule has 0 bridgehead atoms. The second-order valence-corrected chi connectivity index (χ2v) is 6.29. The number of carbonyl (C=O) groups excluding carboxylic acids is 1. The Bertz CT molecular complexity index is 279. The van der Waals surface area contributed by atoms with Gasteiger partial charge in [-0.25, -0.2) is 0 Å². The molecule has 1 amide bonds. The molecule has 18 heavy (non-hydrogen) atoms. The Balaban J connectivity index is 1.64. The van der Waals surface area contributed by atoms with Crippen molar-refractivity contribution in [2.75, 3.05) is 11.9 Å². The third-order valence-electron chi connectivity index (χ3n) is 4.27. The third kappa shape index (κ3) is 3.70. The van der Waals surface area contributed by atoms with E-state index < -0.39 is 0 Å². The number of nitrogens with one attached hydrogen (secondary N) is 1. The lowest BCUT2D eigenvalue weighted by atomic mass is 9.80. The van der Waals surface area contributed by atoms with Crippen LogP contribution in [-0.2, 0) is 9.53 Å². The van der Waals surface area contributed by atoms with Crippen LogP contribution < -0.4 is 5.32 Å². The van der Waals surface area contributed by atoms with Gasteiger partial charge in [0.15, 0.2) is 0 Å².